The molecule has 0 atom stereocenters. The minimum atomic E-state index is -0.441. The van der Waals surface area contributed by atoms with E-state index in [0.29, 0.717) is 24.1 Å². The van der Waals surface area contributed by atoms with E-state index in [1.54, 1.807) is 24.1 Å². The molecule has 29 heavy (non-hydrogen) atoms. The third-order valence-electron chi connectivity index (χ3n) is 5.15. The van der Waals surface area contributed by atoms with Gasteiger partial charge in [0.05, 0.1) is 23.4 Å². The summed E-state index contributed by atoms with van der Waals surface area (Å²) in [6.45, 7) is 4.45. The summed E-state index contributed by atoms with van der Waals surface area (Å²) in [7, 11) is 0. The molecule has 0 radical (unpaired) electrons. The van der Waals surface area contributed by atoms with Gasteiger partial charge in [-0.15, -0.1) is 0 Å². The van der Waals surface area contributed by atoms with Crippen LogP contribution in [0, 0.1) is 6.92 Å². The first-order chi connectivity index (χ1) is 14.0. The van der Waals surface area contributed by atoms with Crippen LogP contribution in [0.15, 0.2) is 53.1 Å². The summed E-state index contributed by atoms with van der Waals surface area (Å²) in [5, 5.41) is 1.06. The summed E-state index contributed by atoms with van der Waals surface area (Å²) >= 11 is 3.52. The van der Waals surface area contributed by atoms with E-state index in [9.17, 15) is 9.59 Å². The topological polar surface area (TPSA) is 62.4 Å². The molecule has 2 heterocycles. The normalized spacial score (nSPS) is 13.6. The lowest BCUT2D eigenvalue weighted by Gasteiger charge is -2.19. The molecule has 0 aliphatic carbocycles. The number of hydrogen-bond acceptors (Lipinski definition) is 3. The van der Waals surface area contributed by atoms with Crippen molar-refractivity contribution < 1.29 is 14.3 Å². The predicted molar refractivity (Wildman–Crippen MR) is 117 cm³/mol. The van der Waals surface area contributed by atoms with E-state index < -0.39 is 5.97 Å². The number of ether oxygens (including phenoxy) is 1. The Bertz CT molecular complexity index is 1150. The second-order valence-corrected chi connectivity index (χ2v) is 7.77. The zero-order chi connectivity index (χ0) is 20.5. The van der Waals surface area contributed by atoms with Crippen LogP contribution in [0.3, 0.4) is 0 Å². The van der Waals surface area contributed by atoms with Gasteiger partial charge < -0.3 is 14.6 Å². The minimum Gasteiger partial charge on any atom is -0.462 e. The quantitative estimate of drug-likeness (QED) is 0.578. The van der Waals surface area contributed by atoms with Crippen LogP contribution in [0.1, 0.15) is 34.1 Å². The summed E-state index contributed by atoms with van der Waals surface area (Å²) in [5.74, 6) is -0.597. The molecule has 6 heteroatoms. The zero-order valence-electron chi connectivity index (χ0n) is 16.3. The molecule has 5 nitrogen and oxygen atoms in total. The van der Waals surface area contributed by atoms with Gasteiger partial charge in [0.25, 0.3) is 5.91 Å². The average molecular weight is 453 g/mol. The van der Waals surface area contributed by atoms with Crippen molar-refractivity contribution in [3.05, 3.63) is 75.5 Å². The molecule has 0 unspecified atom stereocenters. The number of nitrogens with one attached hydrogen (secondary N) is 1. The number of H-pyrrole nitrogens is 1. The Hall–Kier alpha value is -2.86. The van der Waals surface area contributed by atoms with Crippen molar-refractivity contribution in [2.24, 2.45) is 0 Å². The Morgan fingerprint density at radius 1 is 1.17 bits per heavy atom. The van der Waals surface area contributed by atoms with Gasteiger partial charge in [-0.2, -0.15) is 0 Å². The van der Waals surface area contributed by atoms with Gasteiger partial charge in [0, 0.05) is 28.1 Å². The smallest absolute Gasteiger partial charge is 0.341 e. The van der Waals surface area contributed by atoms with Gasteiger partial charge in [0.1, 0.15) is 0 Å². The first-order valence-electron chi connectivity index (χ1n) is 9.56. The van der Waals surface area contributed by atoms with Gasteiger partial charge in [-0.05, 0) is 59.5 Å². The second-order valence-electron chi connectivity index (χ2n) is 6.97. The van der Waals surface area contributed by atoms with Gasteiger partial charge in [-0.3, -0.25) is 4.79 Å². The Balaban J connectivity index is 1.82. The van der Waals surface area contributed by atoms with Gasteiger partial charge >= 0.3 is 5.97 Å². The number of aromatic amines is 1. The van der Waals surface area contributed by atoms with Crippen LogP contribution in [-0.4, -0.2) is 34.9 Å². The lowest BCUT2D eigenvalue weighted by Crippen LogP contribution is -2.28. The highest BCUT2D eigenvalue weighted by Crippen LogP contribution is 2.32. The summed E-state index contributed by atoms with van der Waals surface area (Å²) < 4.78 is 6.06. The van der Waals surface area contributed by atoms with E-state index in [2.05, 4.69) is 20.9 Å². The summed E-state index contributed by atoms with van der Waals surface area (Å²) in [6, 6.07) is 13.5. The zero-order valence-corrected chi connectivity index (χ0v) is 17.9. The molecule has 148 valence electrons. The monoisotopic (exact) mass is 452 g/mol. The molecule has 1 aliphatic rings. The largest absolute Gasteiger partial charge is 0.462 e. The average Bonchev–Trinajstić information content (AvgIpc) is 2.97. The molecule has 3 aromatic rings. The fourth-order valence-corrected chi connectivity index (χ4v) is 4.13. The lowest BCUT2D eigenvalue weighted by atomic mass is 10.0. The fourth-order valence-electron chi connectivity index (χ4n) is 3.70. The summed E-state index contributed by atoms with van der Waals surface area (Å²) in [5.41, 5.74) is 4.64. The van der Waals surface area contributed by atoms with Gasteiger partial charge in [0.2, 0.25) is 0 Å². The lowest BCUT2D eigenvalue weighted by molar-refractivity contribution is -0.136. The number of carbonyl (C=O) groups is 2. The first kappa shape index (κ1) is 19.5. The van der Waals surface area contributed by atoms with Crippen molar-refractivity contribution >= 4 is 44.3 Å². The van der Waals surface area contributed by atoms with Crippen LogP contribution in [0.2, 0.25) is 0 Å². The van der Waals surface area contributed by atoms with Crippen molar-refractivity contribution in [3.63, 3.8) is 0 Å². The number of carbonyl (C=O) groups excluding carboxylic acids is 2. The van der Waals surface area contributed by atoms with Gasteiger partial charge in [0.15, 0.2) is 0 Å². The van der Waals surface area contributed by atoms with Crippen molar-refractivity contribution in [2.45, 2.75) is 20.3 Å². The number of rotatable bonds is 3. The molecule has 0 saturated heterocycles. The Labute approximate surface area is 177 Å². The Morgan fingerprint density at radius 3 is 2.76 bits per heavy atom. The molecule has 0 bridgehead atoms. The van der Waals surface area contributed by atoms with E-state index in [-0.39, 0.29) is 12.5 Å². The van der Waals surface area contributed by atoms with Crippen LogP contribution in [0.25, 0.3) is 16.5 Å². The Morgan fingerprint density at radius 2 is 1.97 bits per heavy atom. The van der Waals surface area contributed by atoms with Crippen molar-refractivity contribution in [3.8, 4) is 0 Å². The third-order valence-corrected chi connectivity index (χ3v) is 6.20. The van der Waals surface area contributed by atoms with Crippen molar-refractivity contribution in [1.82, 2.24) is 9.88 Å². The molecule has 1 N–H and O–H groups in total. The molecular formula is C23H21BrN2O3. The highest BCUT2D eigenvalue weighted by molar-refractivity contribution is 9.10. The molecule has 1 amide bonds. The minimum absolute atomic E-state index is 0.156. The number of halogens is 1. The number of amides is 1. The van der Waals surface area contributed by atoms with Gasteiger partial charge in [-0.25, -0.2) is 4.79 Å². The van der Waals surface area contributed by atoms with E-state index in [0.717, 1.165) is 32.2 Å². The number of para-hydroxylation sites is 1. The molecular weight excluding hydrogens is 432 g/mol. The third kappa shape index (κ3) is 3.49. The van der Waals surface area contributed by atoms with Crippen LogP contribution in [0.5, 0.6) is 0 Å². The second kappa shape index (κ2) is 7.87. The van der Waals surface area contributed by atoms with E-state index in [4.69, 9.17) is 4.74 Å². The van der Waals surface area contributed by atoms with E-state index >= 15 is 0 Å². The number of fused-ring (bicyclic) bond motifs is 3. The number of nitrogens with zero attached hydrogens (tertiary/aromatic N) is 1. The maximum Gasteiger partial charge on any atom is 0.341 e. The highest BCUT2D eigenvalue weighted by atomic mass is 79.9. The predicted octanol–water partition coefficient (Wildman–Crippen LogP) is 4.84. The molecule has 0 saturated carbocycles. The molecule has 0 fully saturated rings. The van der Waals surface area contributed by atoms with Crippen LogP contribution >= 0.6 is 15.9 Å². The van der Waals surface area contributed by atoms with Crippen LogP contribution in [0.4, 0.5) is 0 Å². The van der Waals surface area contributed by atoms with Crippen molar-refractivity contribution in [1.29, 1.82) is 0 Å². The maximum absolute atomic E-state index is 13.3. The number of hydrogen-bond donors (Lipinski definition) is 1. The van der Waals surface area contributed by atoms with Crippen molar-refractivity contribution in [2.75, 3.05) is 13.2 Å². The molecule has 2 aromatic carbocycles. The summed E-state index contributed by atoms with van der Waals surface area (Å²) in [4.78, 5) is 31.0. The number of esters is 1. The Kier molecular flexibility index (Phi) is 5.28. The summed E-state index contributed by atoms with van der Waals surface area (Å²) in [6.07, 6.45) is 2.25. The SMILES string of the molecule is CCOC(=O)C1=CN(C(=O)c2cccc(C)c2Br)CCc2c1[nH]c1ccccc21. The number of aromatic nitrogens is 1. The van der Waals surface area contributed by atoms with Crippen LogP contribution in [-0.2, 0) is 16.0 Å². The van der Waals surface area contributed by atoms with Gasteiger partial charge in [-0.1, -0.05) is 30.3 Å². The fraction of sp³-hybridized carbons (Fsp3) is 0.217. The highest BCUT2D eigenvalue weighted by Gasteiger charge is 2.28. The molecule has 0 spiro atoms. The molecule has 1 aliphatic heterocycles. The maximum atomic E-state index is 13.3. The van der Waals surface area contributed by atoms with Crippen LogP contribution < -0.4 is 0 Å². The number of aryl methyl sites for hydroxylation is 1. The van der Waals surface area contributed by atoms with E-state index in [1.165, 1.54) is 0 Å². The first-order valence-corrected chi connectivity index (χ1v) is 10.4. The number of benzene rings is 2. The molecule has 1 aromatic heterocycles. The molecule has 4 rings (SSSR count). The van der Waals surface area contributed by atoms with E-state index in [1.807, 2.05) is 43.3 Å². The standard InChI is InChI=1S/C23H21BrN2O3/c1-3-29-23(28)18-13-26(22(27)17-9-6-7-14(2)20(17)24)12-11-16-15-8-4-5-10-19(15)25-21(16)18/h4-10,13,25H,3,11-12H2,1-2H3.